The van der Waals surface area contributed by atoms with Gasteiger partial charge >= 0.3 is 0 Å². The van der Waals surface area contributed by atoms with E-state index in [0.29, 0.717) is 13.2 Å². The summed E-state index contributed by atoms with van der Waals surface area (Å²) in [7, 11) is -3.54. The molecule has 0 atom stereocenters. The molecule has 0 radical (unpaired) electrons. The number of hydrogen-bond donors (Lipinski definition) is 0. The van der Waals surface area contributed by atoms with E-state index in [1.54, 1.807) is 6.07 Å². The lowest BCUT2D eigenvalue weighted by Gasteiger charge is -2.23. The van der Waals surface area contributed by atoms with Crippen LogP contribution in [-0.2, 0) is 19.3 Å². The average molecular weight is 325 g/mol. The molecule has 1 aromatic rings. The minimum Gasteiger partial charge on any atom is -0.353 e. The molecule has 1 aliphatic heterocycles. The first-order chi connectivity index (χ1) is 9.00. The Hall–Kier alpha value is -0.330. The lowest BCUT2D eigenvalue weighted by atomic mass is 10.4. The van der Waals surface area contributed by atoms with Crippen LogP contribution in [0.2, 0.25) is 10.0 Å². The molecule has 1 heterocycles. The van der Waals surface area contributed by atoms with Gasteiger partial charge in [0, 0.05) is 6.42 Å². The topological polar surface area (TPSA) is 52.6 Å². The Balaban J connectivity index is 2.09. The highest BCUT2D eigenvalue weighted by atomic mass is 35.5. The third kappa shape index (κ3) is 3.83. The van der Waals surface area contributed by atoms with Crippen LogP contribution in [0.15, 0.2) is 23.1 Å². The lowest BCUT2D eigenvalue weighted by Crippen LogP contribution is -2.27. The van der Waals surface area contributed by atoms with E-state index in [0.717, 1.165) is 6.42 Å². The van der Waals surface area contributed by atoms with Crippen LogP contribution in [-0.4, -0.2) is 33.7 Å². The average Bonchev–Trinajstić information content (AvgIpc) is 2.37. The van der Waals surface area contributed by atoms with E-state index in [1.807, 2.05) is 0 Å². The summed E-state index contributed by atoms with van der Waals surface area (Å²) in [5, 5.41) is 0.274. The van der Waals surface area contributed by atoms with E-state index in [9.17, 15) is 8.42 Å². The zero-order valence-electron chi connectivity index (χ0n) is 10.1. The van der Waals surface area contributed by atoms with Gasteiger partial charge in [-0.3, -0.25) is 0 Å². The van der Waals surface area contributed by atoms with Crippen LogP contribution in [0.4, 0.5) is 0 Å². The monoisotopic (exact) mass is 324 g/mol. The summed E-state index contributed by atoms with van der Waals surface area (Å²) in [6.45, 7) is 1.19. The largest absolute Gasteiger partial charge is 0.353 e. The number of sulfone groups is 1. The van der Waals surface area contributed by atoms with Gasteiger partial charge in [-0.25, -0.2) is 8.42 Å². The minimum atomic E-state index is -3.54. The van der Waals surface area contributed by atoms with Crippen LogP contribution in [0.1, 0.15) is 12.8 Å². The predicted octanol–water partition coefficient (Wildman–Crippen LogP) is 2.92. The number of ether oxygens (including phenoxy) is 2. The van der Waals surface area contributed by atoms with E-state index in [4.69, 9.17) is 32.7 Å². The third-order valence-electron chi connectivity index (χ3n) is 2.75. The maximum Gasteiger partial charge on any atom is 0.181 e. The second-order valence-corrected chi connectivity index (χ2v) is 7.04. The standard InChI is InChI=1S/C12H14Cl2O4S/c13-9-3-1-4-10(14)12(9)19(15,16)8-5-11-17-6-2-7-18-11/h1,3-4,11H,2,5-8H2. The highest BCUT2D eigenvalue weighted by Crippen LogP contribution is 2.30. The maximum atomic E-state index is 12.2. The van der Waals surface area contributed by atoms with Crippen LogP contribution in [0.3, 0.4) is 0 Å². The Morgan fingerprint density at radius 3 is 2.32 bits per heavy atom. The smallest absolute Gasteiger partial charge is 0.181 e. The number of hydrogen-bond acceptors (Lipinski definition) is 4. The minimum absolute atomic E-state index is 0.0193. The highest BCUT2D eigenvalue weighted by Gasteiger charge is 2.24. The SMILES string of the molecule is O=S(=O)(CCC1OCCCO1)c1c(Cl)cccc1Cl. The summed E-state index contributed by atoms with van der Waals surface area (Å²) >= 11 is 11.8. The van der Waals surface area contributed by atoms with Crippen molar-refractivity contribution in [3.05, 3.63) is 28.2 Å². The van der Waals surface area contributed by atoms with E-state index in [1.165, 1.54) is 12.1 Å². The molecule has 1 aromatic carbocycles. The Kier molecular flexibility index (Phi) is 5.09. The number of benzene rings is 1. The van der Waals surface area contributed by atoms with Crippen molar-refractivity contribution in [3.63, 3.8) is 0 Å². The molecule has 1 saturated heterocycles. The van der Waals surface area contributed by atoms with E-state index in [-0.39, 0.29) is 27.1 Å². The van der Waals surface area contributed by atoms with Gasteiger partial charge in [0.2, 0.25) is 0 Å². The van der Waals surface area contributed by atoms with Crippen molar-refractivity contribution in [1.82, 2.24) is 0 Å². The van der Waals surface area contributed by atoms with E-state index in [2.05, 4.69) is 0 Å². The molecular weight excluding hydrogens is 311 g/mol. The van der Waals surface area contributed by atoms with E-state index < -0.39 is 16.1 Å². The summed E-state index contributed by atoms with van der Waals surface area (Å²) in [5.74, 6) is -0.110. The van der Waals surface area contributed by atoms with Crippen molar-refractivity contribution in [1.29, 1.82) is 0 Å². The van der Waals surface area contributed by atoms with Crippen LogP contribution in [0.25, 0.3) is 0 Å². The molecule has 0 aliphatic carbocycles. The van der Waals surface area contributed by atoms with Crippen molar-refractivity contribution in [3.8, 4) is 0 Å². The third-order valence-corrected chi connectivity index (χ3v) is 5.44. The fourth-order valence-corrected chi connectivity index (χ4v) is 4.38. The summed E-state index contributed by atoms with van der Waals surface area (Å²) in [5.41, 5.74) is 0. The Labute approximate surface area is 122 Å². The van der Waals surface area contributed by atoms with Gasteiger partial charge in [-0.15, -0.1) is 0 Å². The molecule has 1 aliphatic rings. The van der Waals surface area contributed by atoms with Crippen molar-refractivity contribution in [2.24, 2.45) is 0 Å². The molecule has 0 unspecified atom stereocenters. The molecule has 0 aromatic heterocycles. The first kappa shape index (κ1) is 15.1. The Morgan fingerprint density at radius 2 is 1.74 bits per heavy atom. The lowest BCUT2D eigenvalue weighted by molar-refractivity contribution is -0.178. The zero-order chi connectivity index (χ0) is 13.9. The fourth-order valence-electron chi connectivity index (χ4n) is 1.84. The number of rotatable bonds is 4. The molecule has 2 rings (SSSR count). The molecule has 0 N–H and O–H groups in total. The Bertz CT molecular complexity index is 518. The quantitative estimate of drug-likeness (QED) is 0.854. The van der Waals surface area contributed by atoms with Gasteiger partial charge in [-0.05, 0) is 18.6 Å². The van der Waals surface area contributed by atoms with Crippen molar-refractivity contribution in [2.45, 2.75) is 24.0 Å². The van der Waals surface area contributed by atoms with Crippen LogP contribution >= 0.6 is 23.2 Å². The van der Waals surface area contributed by atoms with Crippen LogP contribution in [0, 0.1) is 0 Å². The summed E-state index contributed by atoms with van der Waals surface area (Å²) < 4.78 is 35.1. The molecule has 1 fully saturated rings. The summed E-state index contributed by atoms with van der Waals surface area (Å²) in [6, 6.07) is 4.62. The maximum absolute atomic E-state index is 12.2. The molecular formula is C12H14Cl2O4S. The summed E-state index contributed by atoms with van der Waals surface area (Å²) in [4.78, 5) is -0.0193. The van der Waals surface area contributed by atoms with Gasteiger partial charge in [0.15, 0.2) is 16.1 Å². The Morgan fingerprint density at radius 1 is 1.16 bits per heavy atom. The molecule has 106 valence electrons. The predicted molar refractivity (Wildman–Crippen MR) is 73.4 cm³/mol. The fraction of sp³-hybridized carbons (Fsp3) is 0.500. The highest BCUT2D eigenvalue weighted by molar-refractivity contribution is 7.91. The first-order valence-electron chi connectivity index (χ1n) is 5.91. The molecule has 0 bridgehead atoms. The molecule has 0 saturated carbocycles. The van der Waals surface area contributed by atoms with Gasteiger partial charge in [0.25, 0.3) is 0 Å². The summed E-state index contributed by atoms with van der Waals surface area (Å²) in [6.07, 6.45) is 0.633. The number of halogens is 2. The van der Waals surface area contributed by atoms with Crippen molar-refractivity contribution in [2.75, 3.05) is 19.0 Å². The second-order valence-electron chi connectivity index (χ2n) is 4.18. The van der Waals surface area contributed by atoms with Gasteiger partial charge in [0.05, 0.1) is 29.0 Å². The van der Waals surface area contributed by atoms with Crippen LogP contribution < -0.4 is 0 Å². The normalized spacial score (nSPS) is 17.6. The van der Waals surface area contributed by atoms with Crippen molar-refractivity contribution < 1.29 is 17.9 Å². The van der Waals surface area contributed by atoms with E-state index >= 15 is 0 Å². The molecule has 4 nitrogen and oxygen atoms in total. The molecule has 7 heteroatoms. The van der Waals surface area contributed by atoms with Gasteiger partial charge in [-0.1, -0.05) is 29.3 Å². The first-order valence-corrected chi connectivity index (χ1v) is 8.31. The second kappa shape index (κ2) is 6.41. The van der Waals surface area contributed by atoms with Gasteiger partial charge in [-0.2, -0.15) is 0 Å². The molecule has 0 spiro atoms. The molecule has 19 heavy (non-hydrogen) atoms. The zero-order valence-corrected chi connectivity index (χ0v) is 12.5. The van der Waals surface area contributed by atoms with Crippen LogP contribution in [0.5, 0.6) is 0 Å². The van der Waals surface area contributed by atoms with Gasteiger partial charge in [0.1, 0.15) is 4.90 Å². The van der Waals surface area contributed by atoms with Gasteiger partial charge < -0.3 is 9.47 Å². The van der Waals surface area contributed by atoms with Crippen molar-refractivity contribution >= 4 is 33.0 Å². The molecule has 0 amide bonds.